The van der Waals surface area contributed by atoms with Crippen molar-refractivity contribution in [3.8, 4) is 0 Å². The number of esters is 1. The van der Waals surface area contributed by atoms with Crippen molar-refractivity contribution in [3.63, 3.8) is 0 Å². The molecule has 0 saturated heterocycles. The molecular formula is C13H18FNO3. The zero-order chi connectivity index (χ0) is 13.6. The van der Waals surface area contributed by atoms with Crippen LogP contribution >= 0.6 is 0 Å². The Labute approximate surface area is 106 Å². The lowest BCUT2D eigenvalue weighted by molar-refractivity contribution is -0.147. The monoisotopic (exact) mass is 255 g/mol. The first-order valence-electron chi connectivity index (χ1n) is 5.71. The Morgan fingerprint density at radius 3 is 2.50 bits per heavy atom. The Morgan fingerprint density at radius 2 is 2.00 bits per heavy atom. The third-order valence-corrected chi connectivity index (χ3v) is 2.50. The molecule has 0 amide bonds. The summed E-state index contributed by atoms with van der Waals surface area (Å²) >= 11 is 0. The van der Waals surface area contributed by atoms with E-state index in [1.165, 1.54) is 19.2 Å². The van der Waals surface area contributed by atoms with Crippen LogP contribution in [-0.4, -0.2) is 31.8 Å². The van der Waals surface area contributed by atoms with E-state index in [0.29, 0.717) is 12.3 Å². The van der Waals surface area contributed by atoms with Gasteiger partial charge in [0, 0.05) is 12.3 Å². The van der Waals surface area contributed by atoms with Crippen LogP contribution in [0, 0.1) is 5.82 Å². The average Bonchev–Trinajstić information content (AvgIpc) is 2.38. The molecule has 0 aromatic heterocycles. The van der Waals surface area contributed by atoms with Gasteiger partial charge in [-0.3, -0.25) is 0 Å². The van der Waals surface area contributed by atoms with Crippen LogP contribution in [0.1, 0.15) is 13.8 Å². The van der Waals surface area contributed by atoms with Crippen LogP contribution in [-0.2, 0) is 14.3 Å². The second-order valence-corrected chi connectivity index (χ2v) is 4.09. The van der Waals surface area contributed by atoms with Crippen molar-refractivity contribution < 1.29 is 18.7 Å². The molecule has 0 aliphatic heterocycles. The topological polar surface area (TPSA) is 47.6 Å². The molecule has 1 aromatic rings. The quantitative estimate of drug-likeness (QED) is 0.792. The number of nitrogens with one attached hydrogen (secondary N) is 1. The number of carbonyl (C=O) groups excluding carboxylic acids is 1. The molecule has 5 heteroatoms. The minimum atomic E-state index is -0.997. The van der Waals surface area contributed by atoms with Crippen molar-refractivity contribution in [1.82, 2.24) is 0 Å². The maximum atomic E-state index is 12.8. The van der Waals surface area contributed by atoms with E-state index in [1.54, 1.807) is 19.1 Å². The number of benzene rings is 1. The highest BCUT2D eigenvalue weighted by Gasteiger charge is 2.34. The molecule has 0 aliphatic carbocycles. The second kappa shape index (κ2) is 6.35. The molecule has 0 spiro atoms. The van der Waals surface area contributed by atoms with Gasteiger partial charge in [-0.1, -0.05) is 0 Å². The molecule has 1 unspecified atom stereocenters. The van der Waals surface area contributed by atoms with Gasteiger partial charge in [-0.15, -0.1) is 0 Å². The summed E-state index contributed by atoms with van der Waals surface area (Å²) in [5, 5.41) is 3.00. The van der Waals surface area contributed by atoms with Gasteiger partial charge >= 0.3 is 5.97 Å². The van der Waals surface area contributed by atoms with Crippen LogP contribution in [0.2, 0.25) is 0 Å². The summed E-state index contributed by atoms with van der Waals surface area (Å²) in [5.41, 5.74) is -0.369. The Morgan fingerprint density at radius 1 is 1.39 bits per heavy atom. The molecule has 0 bridgehead atoms. The van der Waals surface area contributed by atoms with Crippen molar-refractivity contribution in [2.45, 2.75) is 19.4 Å². The van der Waals surface area contributed by atoms with E-state index in [4.69, 9.17) is 9.47 Å². The number of ether oxygens (including phenoxy) is 2. The fourth-order valence-corrected chi connectivity index (χ4v) is 1.53. The Hall–Kier alpha value is -1.62. The van der Waals surface area contributed by atoms with Crippen molar-refractivity contribution in [2.24, 2.45) is 0 Å². The highest BCUT2D eigenvalue weighted by atomic mass is 19.1. The minimum Gasteiger partial charge on any atom is -0.467 e. The standard InChI is InChI=1S/C13H18FNO3/c1-4-18-9-13(2,12(16)17-3)15-11-7-5-10(14)6-8-11/h5-8,15H,4,9H2,1-3H3. The van der Waals surface area contributed by atoms with Gasteiger partial charge in [-0.2, -0.15) is 0 Å². The molecule has 1 aromatic carbocycles. The van der Waals surface area contributed by atoms with E-state index >= 15 is 0 Å². The number of hydrogen-bond donors (Lipinski definition) is 1. The molecule has 100 valence electrons. The van der Waals surface area contributed by atoms with Crippen molar-refractivity contribution in [3.05, 3.63) is 30.1 Å². The Balaban J connectivity index is 2.83. The summed E-state index contributed by atoms with van der Waals surface area (Å²) in [6.07, 6.45) is 0. The average molecular weight is 255 g/mol. The molecule has 0 heterocycles. The van der Waals surface area contributed by atoms with Crippen LogP contribution in [0.3, 0.4) is 0 Å². The molecule has 18 heavy (non-hydrogen) atoms. The fourth-order valence-electron chi connectivity index (χ4n) is 1.53. The Bertz CT molecular complexity index is 394. The van der Waals surface area contributed by atoms with Gasteiger partial charge in [0.25, 0.3) is 0 Å². The van der Waals surface area contributed by atoms with Gasteiger partial charge in [0.2, 0.25) is 0 Å². The molecule has 0 saturated carbocycles. The van der Waals surface area contributed by atoms with Gasteiger partial charge in [0.05, 0.1) is 13.7 Å². The SMILES string of the molecule is CCOCC(C)(Nc1ccc(F)cc1)C(=O)OC. The van der Waals surface area contributed by atoms with E-state index in [9.17, 15) is 9.18 Å². The summed E-state index contributed by atoms with van der Waals surface area (Å²) in [7, 11) is 1.32. The number of anilines is 1. The lowest BCUT2D eigenvalue weighted by Gasteiger charge is -2.28. The maximum Gasteiger partial charge on any atom is 0.333 e. The predicted molar refractivity (Wildman–Crippen MR) is 66.9 cm³/mol. The van der Waals surface area contributed by atoms with E-state index < -0.39 is 11.5 Å². The number of rotatable bonds is 6. The first-order chi connectivity index (χ1) is 8.51. The third kappa shape index (κ3) is 3.70. The first kappa shape index (κ1) is 14.4. The van der Waals surface area contributed by atoms with Crippen molar-refractivity contribution >= 4 is 11.7 Å². The highest BCUT2D eigenvalue weighted by molar-refractivity contribution is 5.84. The summed E-state index contributed by atoms with van der Waals surface area (Å²) in [6.45, 7) is 4.19. The summed E-state index contributed by atoms with van der Waals surface area (Å²) in [5.74, 6) is -0.759. The zero-order valence-corrected chi connectivity index (χ0v) is 10.8. The van der Waals surface area contributed by atoms with Crippen LogP contribution in [0.5, 0.6) is 0 Å². The molecule has 1 N–H and O–H groups in total. The van der Waals surface area contributed by atoms with Gasteiger partial charge in [-0.05, 0) is 38.1 Å². The summed E-state index contributed by atoms with van der Waals surface area (Å²) < 4.78 is 22.8. The number of hydrogen-bond acceptors (Lipinski definition) is 4. The first-order valence-corrected chi connectivity index (χ1v) is 5.71. The second-order valence-electron chi connectivity index (χ2n) is 4.09. The van der Waals surface area contributed by atoms with Crippen LogP contribution in [0.4, 0.5) is 10.1 Å². The Kier molecular flexibility index (Phi) is 5.09. The van der Waals surface area contributed by atoms with Gasteiger partial charge in [0.15, 0.2) is 5.54 Å². The lowest BCUT2D eigenvalue weighted by atomic mass is 10.0. The number of carbonyl (C=O) groups is 1. The molecular weight excluding hydrogens is 237 g/mol. The molecule has 0 fully saturated rings. The smallest absolute Gasteiger partial charge is 0.333 e. The van der Waals surface area contributed by atoms with Gasteiger partial charge in [0.1, 0.15) is 5.82 Å². The highest BCUT2D eigenvalue weighted by Crippen LogP contribution is 2.18. The van der Waals surface area contributed by atoms with Crippen LogP contribution in [0.25, 0.3) is 0 Å². The van der Waals surface area contributed by atoms with E-state index in [1.807, 2.05) is 6.92 Å². The summed E-state index contributed by atoms with van der Waals surface area (Å²) in [6, 6.07) is 5.76. The molecule has 4 nitrogen and oxygen atoms in total. The molecule has 0 aliphatic rings. The van der Waals surface area contributed by atoms with Crippen LogP contribution < -0.4 is 5.32 Å². The lowest BCUT2D eigenvalue weighted by Crippen LogP contribution is -2.48. The largest absolute Gasteiger partial charge is 0.467 e. The summed E-state index contributed by atoms with van der Waals surface area (Å²) in [4.78, 5) is 11.8. The number of halogens is 1. The van der Waals surface area contributed by atoms with E-state index in [0.717, 1.165) is 0 Å². The third-order valence-electron chi connectivity index (χ3n) is 2.50. The fraction of sp³-hybridized carbons (Fsp3) is 0.462. The van der Waals surface area contributed by atoms with E-state index in [2.05, 4.69) is 5.32 Å². The number of methoxy groups -OCH3 is 1. The van der Waals surface area contributed by atoms with Gasteiger partial charge in [-0.25, -0.2) is 9.18 Å². The predicted octanol–water partition coefficient (Wildman–Crippen LogP) is 2.21. The van der Waals surface area contributed by atoms with Crippen LogP contribution in [0.15, 0.2) is 24.3 Å². The normalized spacial score (nSPS) is 13.8. The molecule has 1 rings (SSSR count). The zero-order valence-electron chi connectivity index (χ0n) is 10.8. The van der Waals surface area contributed by atoms with Crippen molar-refractivity contribution in [2.75, 3.05) is 25.6 Å². The minimum absolute atomic E-state index is 0.174. The molecule has 0 radical (unpaired) electrons. The van der Waals surface area contributed by atoms with E-state index in [-0.39, 0.29) is 12.4 Å². The molecule has 1 atom stereocenters. The van der Waals surface area contributed by atoms with Crippen molar-refractivity contribution in [1.29, 1.82) is 0 Å². The maximum absolute atomic E-state index is 12.8. The van der Waals surface area contributed by atoms with Gasteiger partial charge < -0.3 is 14.8 Å².